The number of aryl methyl sites for hydroxylation is 2. The summed E-state index contributed by atoms with van der Waals surface area (Å²) in [5, 5.41) is 7.64. The maximum atomic E-state index is 13.0. The van der Waals surface area contributed by atoms with Crippen LogP contribution in [-0.2, 0) is 17.6 Å². The van der Waals surface area contributed by atoms with Crippen LogP contribution in [0.1, 0.15) is 52.4 Å². The zero-order chi connectivity index (χ0) is 21.7. The zero-order valence-electron chi connectivity index (χ0n) is 18.0. The van der Waals surface area contributed by atoms with E-state index in [0.29, 0.717) is 30.6 Å². The van der Waals surface area contributed by atoms with Crippen LogP contribution in [0.3, 0.4) is 0 Å². The number of benzene rings is 1. The number of methoxy groups -OCH3 is 1. The minimum atomic E-state index is -0.0957. The Hall–Kier alpha value is -3.26. The van der Waals surface area contributed by atoms with Crippen molar-refractivity contribution in [3.63, 3.8) is 0 Å². The highest BCUT2D eigenvalue weighted by atomic mass is 16.5. The number of nitrogens with zero attached hydrogens (tertiary/aromatic N) is 4. The Morgan fingerprint density at radius 1 is 1.19 bits per heavy atom. The molecule has 1 aromatic carbocycles. The summed E-state index contributed by atoms with van der Waals surface area (Å²) in [6.45, 7) is 1.25. The number of aromatic nitrogens is 4. The predicted molar refractivity (Wildman–Crippen MR) is 117 cm³/mol. The van der Waals surface area contributed by atoms with Crippen molar-refractivity contribution in [2.75, 3.05) is 20.3 Å². The summed E-state index contributed by atoms with van der Waals surface area (Å²) >= 11 is 0. The molecule has 1 aliphatic heterocycles. The molecule has 8 nitrogen and oxygen atoms in total. The average molecular weight is 431 g/mol. The summed E-state index contributed by atoms with van der Waals surface area (Å²) < 4.78 is 12.6. The lowest BCUT2D eigenvalue weighted by Crippen LogP contribution is -2.35. The van der Waals surface area contributed by atoms with Gasteiger partial charge in [-0.2, -0.15) is 5.10 Å². The van der Waals surface area contributed by atoms with Crippen molar-refractivity contribution in [2.45, 2.75) is 44.1 Å². The predicted octanol–water partition coefficient (Wildman–Crippen LogP) is 2.83. The van der Waals surface area contributed by atoms with E-state index in [4.69, 9.17) is 14.5 Å². The Bertz CT molecular complexity index is 1190. The van der Waals surface area contributed by atoms with Crippen LogP contribution < -0.4 is 10.1 Å². The van der Waals surface area contributed by atoms with Crippen LogP contribution in [0.2, 0.25) is 0 Å². The van der Waals surface area contributed by atoms with Gasteiger partial charge in [-0.3, -0.25) is 4.79 Å². The molecule has 164 valence electrons. The lowest BCUT2D eigenvalue weighted by molar-refractivity contribution is 0.0929. The summed E-state index contributed by atoms with van der Waals surface area (Å²) in [7, 11) is 1.67. The van der Waals surface area contributed by atoms with Gasteiger partial charge in [0.2, 0.25) is 0 Å². The molecule has 0 bridgehead atoms. The molecule has 6 rings (SSSR count). The van der Waals surface area contributed by atoms with Crippen LogP contribution in [0, 0.1) is 0 Å². The molecule has 0 radical (unpaired) electrons. The second-order valence-corrected chi connectivity index (χ2v) is 8.73. The van der Waals surface area contributed by atoms with E-state index in [2.05, 4.69) is 21.5 Å². The number of carbonyl (C=O) groups excluding carboxylic acids is 1. The van der Waals surface area contributed by atoms with Gasteiger partial charge < -0.3 is 14.8 Å². The minimum Gasteiger partial charge on any atom is -0.497 e. The van der Waals surface area contributed by atoms with E-state index in [-0.39, 0.29) is 11.9 Å². The van der Waals surface area contributed by atoms with E-state index in [1.54, 1.807) is 18.0 Å². The number of ether oxygens (including phenoxy) is 2. The molecule has 2 fully saturated rings. The van der Waals surface area contributed by atoms with Gasteiger partial charge in [-0.25, -0.2) is 14.6 Å². The third kappa shape index (κ3) is 3.35. The standard InChI is InChI=1S/C24H25N5O3/c1-31-18-7-6-14-2-5-16-11-25-24(28-21(16)19(14)10-18)29-22(15-3-4-15)20(12-26-29)23(30)27-17-8-9-32-13-17/h6-7,10-12,15,17H,2-5,8-9,13H2,1H3,(H,27,30)/t17-/m0/s1. The quantitative estimate of drug-likeness (QED) is 0.668. The van der Waals surface area contributed by atoms with Gasteiger partial charge in [0, 0.05) is 24.3 Å². The Labute approximate surface area is 186 Å². The Morgan fingerprint density at radius 2 is 2.06 bits per heavy atom. The van der Waals surface area contributed by atoms with Crippen molar-refractivity contribution in [3.8, 4) is 23.0 Å². The number of hydrogen-bond donors (Lipinski definition) is 1. The molecule has 3 heterocycles. The number of hydrogen-bond acceptors (Lipinski definition) is 6. The monoisotopic (exact) mass is 431 g/mol. The molecule has 1 saturated carbocycles. The molecular formula is C24H25N5O3. The molecule has 1 amide bonds. The molecule has 32 heavy (non-hydrogen) atoms. The van der Waals surface area contributed by atoms with Crippen molar-refractivity contribution in [1.82, 2.24) is 25.1 Å². The molecule has 2 aliphatic carbocycles. The fourth-order valence-electron chi connectivity index (χ4n) is 4.66. The molecule has 8 heteroatoms. The van der Waals surface area contributed by atoms with Crippen molar-refractivity contribution in [3.05, 3.63) is 53.0 Å². The molecule has 1 atom stereocenters. The fraction of sp³-hybridized carbons (Fsp3) is 0.417. The topological polar surface area (TPSA) is 91.2 Å². The molecule has 1 N–H and O–H groups in total. The van der Waals surface area contributed by atoms with Crippen molar-refractivity contribution in [1.29, 1.82) is 0 Å². The molecular weight excluding hydrogens is 406 g/mol. The van der Waals surface area contributed by atoms with Gasteiger partial charge in [0.15, 0.2) is 0 Å². The molecule has 0 spiro atoms. The van der Waals surface area contributed by atoms with Gasteiger partial charge in [0.1, 0.15) is 5.75 Å². The maximum absolute atomic E-state index is 13.0. The van der Waals surface area contributed by atoms with Crippen LogP contribution >= 0.6 is 0 Å². The number of nitrogens with one attached hydrogen (secondary N) is 1. The molecule has 3 aliphatic rings. The van der Waals surface area contributed by atoms with Crippen molar-refractivity contribution >= 4 is 5.91 Å². The van der Waals surface area contributed by atoms with Gasteiger partial charge in [-0.15, -0.1) is 0 Å². The third-order valence-electron chi connectivity index (χ3n) is 6.56. The second kappa shape index (κ2) is 7.70. The van der Waals surface area contributed by atoms with Gasteiger partial charge in [0.25, 0.3) is 11.9 Å². The summed E-state index contributed by atoms with van der Waals surface area (Å²) in [4.78, 5) is 22.6. The summed E-state index contributed by atoms with van der Waals surface area (Å²) in [6, 6.07) is 6.20. The lowest BCUT2D eigenvalue weighted by atomic mass is 9.90. The molecule has 2 aromatic heterocycles. The first kappa shape index (κ1) is 19.4. The second-order valence-electron chi connectivity index (χ2n) is 8.73. The Kier molecular flexibility index (Phi) is 4.68. The first-order valence-corrected chi connectivity index (χ1v) is 11.2. The fourth-order valence-corrected chi connectivity index (χ4v) is 4.66. The first-order valence-electron chi connectivity index (χ1n) is 11.2. The van der Waals surface area contributed by atoms with E-state index in [0.717, 1.165) is 60.4 Å². The normalized spacial score (nSPS) is 19.3. The highest BCUT2D eigenvalue weighted by Crippen LogP contribution is 2.42. The number of fused-ring (bicyclic) bond motifs is 3. The molecule has 3 aromatic rings. The SMILES string of the molecule is COc1ccc2c(c1)-c1nc(-n3ncc(C(=O)N[C@H]4CCOC4)c3C3CC3)ncc1CC2. The number of rotatable bonds is 5. The number of amides is 1. The Morgan fingerprint density at radius 3 is 2.84 bits per heavy atom. The van der Waals surface area contributed by atoms with Gasteiger partial charge in [0.05, 0.1) is 42.9 Å². The van der Waals surface area contributed by atoms with Crippen molar-refractivity contribution < 1.29 is 14.3 Å². The highest BCUT2D eigenvalue weighted by molar-refractivity contribution is 5.95. The van der Waals surface area contributed by atoms with Crippen LogP contribution in [-0.4, -0.2) is 52.0 Å². The highest BCUT2D eigenvalue weighted by Gasteiger charge is 2.34. The Balaban J connectivity index is 1.39. The lowest BCUT2D eigenvalue weighted by Gasteiger charge is -2.20. The summed E-state index contributed by atoms with van der Waals surface area (Å²) in [6.07, 6.45) is 8.34. The van der Waals surface area contributed by atoms with Crippen LogP contribution in [0.4, 0.5) is 0 Å². The summed E-state index contributed by atoms with van der Waals surface area (Å²) in [5.41, 5.74) is 5.89. The largest absolute Gasteiger partial charge is 0.497 e. The van der Waals surface area contributed by atoms with E-state index in [1.807, 2.05) is 18.3 Å². The molecule has 1 saturated heterocycles. The first-order chi connectivity index (χ1) is 15.7. The minimum absolute atomic E-state index is 0.0596. The van der Waals surface area contributed by atoms with E-state index < -0.39 is 0 Å². The van der Waals surface area contributed by atoms with E-state index >= 15 is 0 Å². The zero-order valence-corrected chi connectivity index (χ0v) is 18.0. The number of carbonyl (C=O) groups is 1. The smallest absolute Gasteiger partial charge is 0.255 e. The maximum Gasteiger partial charge on any atom is 0.255 e. The average Bonchev–Trinajstić information content (AvgIpc) is 3.35. The molecule has 0 unspecified atom stereocenters. The van der Waals surface area contributed by atoms with E-state index in [9.17, 15) is 4.79 Å². The van der Waals surface area contributed by atoms with Crippen LogP contribution in [0.25, 0.3) is 17.2 Å². The van der Waals surface area contributed by atoms with Gasteiger partial charge in [-0.05, 0) is 55.4 Å². The van der Waals surface area contributed by atoms with Crippen LogP contribution in [0.15, 0.2) is 30.6 Å². The summed E-state index contributed by atoms with van der Waals surface area (Å²) in [5.74, 6) is 1.53. The third-order valence-corrected chi connectivity index (χ3v) is 6.56. The van der Waals surface area contributed by atoms with Gasteiger partial charge >= 0.3 is 0 Å². The van der Waals surface area contributed by atoms with Crippen LogP contribution in [0.5, 0.6) is 5.75 Å². The van der Waals surface area contributed by atoms with Crippen molar-refractivity contribution in [2.24, 2.45) is 0 Å². The van der Waals surface area contributed by atoms with Gasteiger partial charge in [-0.1, -0.05) is 6.07 Å². The van der Waals surface area contributed by atoms with E-state index in [1.165, 1.54) is 5.56 Å².